The number of pyridine rings is 1. The third kappa shape index (κ3) is 2.92. The topological polar surface area (TPSA) is 78.0 Å². The Morgan fingerprint density at radius 3 is 2.88 bits per heavy atom. The van der Waals surface area contributed by atoms with Crippen molar-refractivity contribution in [1.82, 2.24) is 15.3 Å². The molecule has 0 aliphatic heterocycles. The van der Waals surface area contributed by atoms with E-state index < -0.39 is 0 Å². The van der Waals surface area contributed by atoms with Crippen LogP contribution >= 0.6 is 0 Å². The number of hydrogen-bond donors (Lipinski definition) is 3. The highest BCUT2D eigenvalue weighted by atomic mass is 16.3. The van der Waals surface area contributed by atoms with Gasteiger partial charge in [-0.05, 0) is 30.2 Å². The van der Waals surface area contributed by atoms with Crippen molar-refractivity contribution in [3.63, 3.8) is 0 Å². The number of nitrogens with zero attached hydrogens (tertiary/aromatic N) is 1. The molecule has 0 unspecified atom stereocenters. The van der Waals surface area contributed by atoms with Crippen LogP contribution in [0.3, 0.4) is 0 Å². The average molecular weight is 331 g/mol. The van der Waals surface area contributed by atoms with Gasteiger partial charge >= 0.3 is 0 Å². The number of phenols is 1. The number of aromatic hydroxyl groups is 1. The molecule has 25 heavy (non-hydrogen) atoms. The van der Waals surface area contributed by atoms with E-state index in [2.05, 4.69) is 21.4 Å². The zero-order valence-electron chi connectivity index (χ0n) is 13.5. The Hall–Kier alpha value is -3.34. The molecule has 0 atom stereocenters. The zero-order chi connectivity index (χ0) is 17.2. The first-order valence-corrected chi connectivity index (χ1v) is 8.14. The van der Waals surface area contributed by atoms with Crippen molar-refractivity contribution >= 4 is 27.7 Å². The number of carbonyl (C=O) groups is 1. The van der Waals surface area contributed by atoms with E-state index >= 15 is 0 Å². The number of rotatable bonds is 4. The molecule has 0 fully saturated rings. The first-order valence-electron chi connectivity index (χ1n) is 8.14. The molecular weight excluding hydrogens is 314 g/mol. The number of nitrogens with one attached hydrogen (secondary N) is 2. The number of aromatic nitrogens is 2. The second-order valence-electron chi connectivity index (χ2n) is 5.91. The lowest BCUT2D eigenvalue weighted by atomic mass is 10.1. The van der Waals surface area contributed by atoms with E-state index in [0.717, 1.165) is 17.3 Å². The summed E-state index contributed by atoms with van der Waals surface area (Å²) in [5, 5.41) is 14.7. The number of hydrogen-bond acceptors (Lipinski definition) is 3. The van der Waals surface area contributed by atoms with Crippen LogP contribution in [0, 0.1) is 0 Å². The molecule has 2 aromatic carbocycles. The fraction of sp³-hybridized carbons (Fsp3) is 0.100. The molecule has 3 N–H and O–H groups in total. The summed E-state index contributed by atoms with van der Waals surface area (Å²) in [6.07, 6.45) is 2.71. The molecule has 5 heteroatoms. The van der Waals surface area contributed by atoms with Gasteiger partial charge in [0.15, 0.2) is 0 Å². The lowest BCUT2D eigenvalue weighted by Crippen LogP contribution is -2.26. The van der Waals surface area contributed by atoms with Crippen LogP contribution in [0.4, 0.5) is 0 Å². The number of para-hydroxylation sites is 2. The van der Waals surface area contributed by atoms with E-state index in [9.17, 15) is 9.90 Å². The van der Waals surface area contributed by atoms with Crippen molar-refractivity contribution in [2.24, 2.45) is 0 Å². The number of aromatic amines is 1. The number of benzene rings is 2. The molecule has 4 aromatic rings. The van der Waals surface area contributed by atoms with Crippen molar-refractivity contribution in [2.75, 3.05) is 6.54 Å². The third-order valence-electron chi connectivity index (χ3n) is 4.29. The van der Waals surface area contributed by atoms with E-state index in [1.54, 1.807) is 24.3 Å². The number of amides is 1. The number of phenolic OH excluding ortho intramolecular Hbond substituents is 1. The Balaban J connectivity index is 1.46. The lowest BCUT2D eigenvalue weighted by Gasteiger charge is -2.06. The van der Waals surface area contributed by atoms with Crippen molar-refractivity contribution < 1.29 is 9.90 Å². The van der Waals surface area contributed by atoms with Gasteiger partial charge in [0.05, 0.1) is 0 Å². The molecule has 5 nitrogen and oxygen atoms in total. The first kappa shape index (κ1) is 15.2. The van der Waals surface area contributed by atoms with Crippen LogP contribution in [0.1, 0.15) is 16.1 Å². The normalized spacial score (nSPS) is 11.0. The van der Waals surface area contributed by atoms with E-state index in [1.807, 2.05) is 30.5 Å². The van der Waals surface area contributed by atoms with Crippen molar-refractivity contribution in [2.45, 2.75) is 6.42 Å². The monoisotopic (exact) mass is 331 g/mol. The van der Waals surface area contributed by atoms with Gasteiger partial charge in [0.25, 0.3) is 5.91 Å². The quantitative estimate of drug-likeness (QED) is 0.536. The van der Waals surface area contributed by atoms with Gasteiger partial charge in [0.2, 0.25) is 0 Å². The molecule has 0 saturated heterocycles. The van der Waals surface area contributed by atoms with Gasteiger partial charge in [0.1, 0.15) is 17.0 Å². The smallest absolute Gasteiger partial charge is 0.269 e. The summed E-state index contributed by atoms with van der Waals surface area (Å²) in [7, 11) is 0. The summed E-state index contributed by atoms with van der Waals surface area (Å²) in [6, 6.07) is 16.7. The van der Waals surface area contributed by atoms with Gasteiger partial charge in [0, 0.05) is 29.0 Å². The Bertz CT molecular complexity index is 1070. The summed E-state index contributed by atoms with van der Waals surface area (Å²) in [6.45, 7) is 0.515. The van der Waals surface area contributed by atoms with Crippen LogP contribution in [0.15, 0.2) is 60.8 Å². The van der Waals surface area contributed by atoms with Gasteiger partial charge in [-0.2, -0.15) is 0 Å². The summed E-state index contributed by atoms with van der Waals surface area (Å²) in [5.41, 5.74) is 3.00. The Kier molecular flexibility index (Phi) is 3.82. The minimum absolute atomic E-state index is 0.0749. The average Bonchev–Trinajstić information content (AvgIpc) is 3.05. The molecule has 2 aromatic heterocycles. The maximum atomic E-state index is 12.3. The van der Waals surface area contributed by atoms with E-state index in [0.29, 0.717) is 17.8 Å². The van der Waals surface area contributed by atoms with E-state index in [1.165, 1.54) is 10.9 Å². The van der Waals surface area contributed by atoms with Gasteiger partial charge < -0.3 is 15.4 Å². The van der Waals surface area contributed by atoms with E-state index in [-0.39, 0.29) is 11.7 Å². The highest BCUT2D eigenvalue weighted by Gasteiger charge is 2.10. The third-order valence-corrected chi connectivity index (χ3v) is 4.29. The SMILES string of the molecule is O=C(NCCc1c[nH]c2ccccc12)c1ccc2cccc(O)c2n1. The van der Waals surface area contributed by atoms with Crippen molar-refractivity contribution in [3.8, 4) is 5.75 Å². The molecule has 0 spiro atoms. The van der Waals surface area contributed by atoms with Crippen LogP contribution in [0.25, 0.3) is 21.8 Å². The molecule has 0 saturated carbocycles. The predicted octanol–water partition coefficient (Wildman–Crippen LogP) is 3.39. The number of carbonyl (C=O) groups excluding carboxylic acids is 1. The summed E-state index contributed by atoms with van der Waals surface area (Å²) in [5.74, 6) is -0.170. The summed E-state index contributed by atoms with van der Waals surface area (Å²) >= 11 is 0. The van der Waals surface area contributed by atoms with Gasteiger partial charge in [-0.1, -0.05) is 36.4 Å². The van der Waals surface area contributed by atoms with Crippen LogP contribution in [-0.4, -0.2) is 27.5 Å². The Labute approximate surface area is 144 Å². The molecule has 0 bridgehead atoms. The lowest BCUT2D eigenvalue weighted by molar-refractivity contribution is 0.0949. The largest absolute Gasteiger partial charge is 0.506 e. The molecule has 0 aliphatic rings. The summed E-state index contributed by atoms with van der Waals surface area (Å²) in [4.78, 5) is 19.8. The number of fused-ring (bicyclic) bond motifs is 2. The van der Waals surface area contributed by atoms with Crippen LogP contribution < -0.4 is 5.32 Å². The van der Waals surface area contributed by atoms with Gasteiger partial charge in [-0.15, -0.1) is 0 Å². The van der Waals surface area contributed by atoms with E-state index in [4.69, 9.17) is 0 Å². The first-order chi connectivity index (χ1) is 12.2. The van der Waals surface area contributed by atoms with Crippen LogP contribution in [0.5, 0.6) is 5.75 Å². The molecule has 1 amide bonds. The fourth-order valence-electron chi connectivity index (χ4n) is 3.00. The number of H-pyrrole nitrogens is 1. The Morgan fingerprint density at radius 2 is 1.96 bits per heavy atom. The second kappa shape index (κ2) is 6.28. The minimum Gasteiger partial charge on any atom is -0.506 e. The molecule has 0 radical (unpaired) electrons. The fourth-order valence-corrected chi connectivity index (χ4v) is 3.00. The highest BCUT2D eigenvalue weighted by molar-refractivity contribution is 5.96. The van der Waals surface area contributed by atoms with Gasteiger partial charge in [-0.25, -0.2) is 4.98 Å². The van der Waals surface area contributed by atoms with Crippen molar-refractivity contribution in [1.29, 1.82) is 0 Å². The van der Waals surface area contributed by atoms with Gasteiger partial charge in [-0.3, -0.25) is 4.79 Å². The zero-order valence-corrected chi connectivity index (χ0v) is 13.5. The molecule has 0 aliphatic carbocycles. The predicted molar refractivity (Wildman–Crippen MR) is 97.7 cm³/mol. The second-order valence-corrected chi connectivity index (χ2v) is 5.91. The van der Waals surface area contributed by atoms with Crippen molar-refractivity contribution in [3.05, 3.63) is 72.1 Å². The van der Waals surface area contributed by atoms with Crippen LogP contribution in [0.2, 0.25) is 0 Å². The molecule has 4 rings (SSSR count). The molecular formula is C20H17N3O2. The summed E-state index contributed by atoms with van der Waals surface area (Å²) < 4.78 is 0. The maximum Gasteiger partial charge on any atom is 0.269 e. The molecule has 2 heterocycles. The van der Waals surface area contributed by atoms with Crippen LogP contribution in [-0.2, 0) is 6.42 Å². The molecule has 124 valence electrons. The standard InChI is InChI=1S/C20H17N3O2/c24-18-7-3-4-13-8-9-17(23-19(13)18)20(25)21-11-10-14-12-22-16-6-2-1-5-15(14)16/h1-9,12,22,24H,10-11H2,(H,21,25). The Morgan fingerprint density at radius 1 is 1.08 bits per heavy atom. The highest BCUT2D eigenvalue weighted by Crippen LogP contribution is 2.22. The minimum atomic E-state index is -0.245. The maximum absolute atomic E-state index is 12.3.